The summed E-state index contributed by atoms with van der Waals surface area (Å²) in [4.78, 5) is 26.3. The Morgan fingerprint density at radius 2 is 1.67 bits per heavy atom. The van der Waals surface area contributed by atoms with Gasteiger partial charge < -0.3 is 20.5 Å². The van der Waals surface area contributed by atoms with Gasteiger partial charge in [0.05, 0.1) is 23.5 Å². The van der Waals surface area contributed by atoms with Crippen LogP contribution in [0.3, 0.4) is 0 Å². The van der Waals surface area contributed by atoms with Crippen LogP contribution in [0.4, 0.5) is 19.3 Å². The Labute approximate surface area is 171 Å². The van der Waals surface area contributed by atoms with Crippen LogP contribution < -0.4 is 11.1 Å². The highest BCUT2D eigenvalue weighted by molar-refractivity contribution is 5.98. The number of primary amides is 1. The van der Waals surface area contributed by atoms with Crippen molar-refractivity contribution in [2.75, 3.05) is 11.9 Å². The number of aromatic nitrogens is 1. The van der Waals surface area contributed by atoms with E-state index in [1.54, 1.807) is 0 Å². The van der Waals surface area contributed by atoms with E-state index in [9.17, 15) is 18.4 Å². The van der Waals surface area contributed by atoms with Crippen molar-refractivity contribution < 1.29 is 18.4 Å². The van der Waals surface area contributed by atoms with Gasteiger partial charge in [-0.3, -0.25) is 4.79 Å². The van der Waals surface area contributed by atoms with Gasteiger partial charge in [0.1, 0.15) is 17.3 Å². The molecule has 8 heteroatoms. The van der Waals surface area contributed by atoms with E-state index in [0.29, 0.717) is 24.3 Å². The molecule has 4 rings (SSSR count). The van der Waals surface area contributed by atoms with Gasteiger partial charge in [-0.15, -0.1) is 0 Å². The number of para-hydroxylation sites is 1. The van der Waals surface area contributed by atoms with E-state index in [1.807, 2.05) is 41.8 Å². The molecular formula is C22H20F2N4O2. The lowest BCUT2D eigenvalue weighted by atomic mass is 10.0. The molecule has 3 N–H and O–H groups in total. The Hall–Kier alpha value is -3.68. The number of anilines is 1. The molecule has 0 fully saturated rings. The van der Waals surface area contributed by atoms with Crippen LogP contribution in [0.1, 0.15) is 21.6 Å². The van der Waals surface area contributed by atoms with Crippen LogP contribution in [-0.2, 0) is 13.1 Å². The van der Waals surface area contributed by atoms with Crippen molar-refractivity contribution in [2.45, 2.75) is 20.0 Å². The highest BCUT2D eigenvalue weighted by atomic mass is 19.1. The summed E-state index contributed by atoms with van der Waals surface area (Å²) in [6.07, 6.45) is 0. The highest BCUT2D eigenvalue weighted by Crippen LogP contribution is 2.34. The minimum atomic E-state index is -0.858. The first-order chi connectivity index (χ1) is 14.4. The lowest BCUT2D eigenvalue weighted by Gasteiger charge is -2.30. The zero-order valence-electron chi connectivity index (χ0n) is 16.3. The molecule has 1 aliphatic rings. The second kappa shape index (κ2) is 7.62. The number of rotatable bonds is 3. The van der Waals surface area contributed by atoms with Gasteiger partial charge in [0, 0.05) is 13.1 Å². The van der Waals surface area contributed by atoms with E-state index >= 15 is 0 Å². The molecule has 6 nitrogen and oxygen atoms in total. The zero-order valence-corrected chi connectivity index (χ0v) is 16.3. The van der Waals surface area contributed by atoms with Gasteiger partial charge >= 0.3 is 6.03 Å². The average molecular weight is 410 g/mol. The third kappa shape index (κ3) is 3.30. The van der Waals surface area contributed by atoms with E-state index in [2.05, 4.69) is 5.32 Å². The standard InChI is InChI=1S/C22H20F2N4O2/c1-13-18(21(25)29)17-12-27(22(30)26-19-15(23)8-5-9-16(19)24)10-11-28(17)20(13)14-6-3-2-4-7-14/h2-9H,10-12H2,1H3,(H2,25,29)(H,26,30). The molecule has 1 aliphatic heterocycles. The monoisotopic (exact) mass is 410 g/mol. The van der Waals surface area contributed by atoms with Gasteiger partial charge in [0.2, 0.25) is 0 Å². The number of benzene rings is 2. The molecule has 1 aromatic heterocycles. The Balaban J connectivity index is 1.68. The van der Waals surface area contributed by atoms with Gasteiger partial charge in [0.15, 0.2) is 0 Å². The van der Waals surface area contributed by atoms with E-state index in [-0.39, 0.29) is 6.54 Å². The van der Waals surface area contributed by atoms with Crippen molar-refractivity contribution >= 4 is 17.6 Å². The van der Waals surface area contributed by atoms with Crippen LogP contribution in [0.25, 0.3) is 11.3 Å². The third-order valence-corrected chi connectivity index (χ3v) is 5.32. The van der Waals surface area contributed by atoms with Gasteiger partial charge in [-0.25, -0.2) is 13.6 Å². The number of carbonyl (C=O) groups excluding carboxylic acids is 2. The van der Waals surface area contributed by atoms with E-state index < -0.39 is 29.3 Å². The molecule has 3 amide bonds. The maximum absolute atomic E-state index is 13.9. The normalized spacial score (nSPS) is 13.1. The van der Waals surface area contributed by atoms with Crippen molar-refractivity contribution in [3.8, 4) is 11.3 Å². The van der Waals surface area contributed by atoms with Crippen LogP contribution in [0.5, 0.6) is 0 Å². The molecule has 0 saturated heterocycles. The zero-order chi connectivity index (χ0) is 21.4. The largest absolute Gasteiger partial charge is 0.366 e. The summed E-state index contributed by atoms with van der Waals surface area (Å²) in [6, 6.07) is 12.3. The summed E-state index contributed by atoms with van der Waals surface area (Å²) in [7, 11) is 0. The van der Waals surface area contributed by atoms with Crippen molar-refractivity contribution in [3.63, 3.8) is 0 Å². The van der Waals surface area contributed by atoms with E-state index in [0.717, 1.165) is 29.0 Å². The number of urea groups is 1. The number of nitrogens with two attached hydrogens (primary N) is 1. The molecule has 2 aromatic carbocycles. The first-order valence-corrected chi connectivity index (χ1v) is 9.45. The highest BCUT2D eigenvalue weighted by Gasteiger charge is 2.30. The summed E-state index contributed by atoms with van der Waals surface area (Å²) in [5.74, 6) is -2.30. The molecular weight excluding hydrogens is 390 g/mol. The SMILES string of the molecule is Cc1c(C(N)=O)c2n(c1-c1ccccc1)CCN(C(=O)Nc1c(F)cccc1F)C2. The number of fused-ring (bicyclic) bond motifs is 1. The van der Waals surface area contributed by atoms with Gasteiger partial charge in [0.25, 0.3) is 5.91 Å². The number of hydrogen-bond acceptors (Lipinski definition) is 2. The molecule has 154 valence electrons. The second-order valence-electron chi connectivity index (χ2n) is 7.13. The van der Waals surface area contributed by atoms with Crippen molar-refractivity contribution in [1.82, 2.24) is 9.47 Å². The minimum Gasteiger partial charge on any atom is -0.366 e. The Morgan fingerprint density at radius 1 is 1.00 bits per heavy atom. The minimum absolute atomic E-state index is 0.0911. The first kappa shape index (κ1) is 19.6. The Kier molecular flexibility index (Phi) is 4.99. The van der Waals surface area contributed by atoms with Gasteiger partial charge in [-0.1, -0.05) is 36.4 Å². The third-order valence-electron chi connectivity index (χ3n) is 5.32. The summed E-state index contributed by atoms with van der Waals surface area (Å²) in [5.41, 5.74) is 8.67. The summed E-state index contributed by atoms with van der Waals surface area (Å²) in [6.45, 7) is 2.64. The van der Waals surface area contributed by atoms with E-state index in [1.165, 1.54) is 11.0 Å². The fourth-order valence-electron chi connectivity index (χ4n) is 3.97. The smallest absolute Gasteiger partial charge is 0.322 e. The lowest BCUT2D eigenvalue weighted by molar-refractivity contribution is 0.0996. The Morgan fingerprint density at radius 3 is 2.30 bits per heavy atom. The summed E-state index contributed by atoms with van der Waals surface area (Å²) >= 11 is 0. The Bertz CT molecular complexity index is 1120. The number of nitrogens with one attached hydrogen (secondary N) is 1. The molecule has 3 aromatic rings. The van der Waals surface area contributed by atoms with Crippen LogP contribution in [-0.4, -0.2) is 28.0 Å². The molecule has 30 heavy (non-hydrogen) atoms. The molecule has 0 atom stereocenters. The van der Waals surface area contributed by atoms with E-state index in [4.69, 9.17) is 5.73 Å². The molecule has 2 heterocycles. The second-order valence-corrected chi connectivity index (χ2v) is 7.13. The number of amides is 3. The van der Waals surface area contributed by atoms with Crippen molar-refractivity contribution in [3.05, 3.63) is 77.0 Å². The average Bonchev–Trinajstić information content (AvgIpc) is 3.02. The maximum atomic E-state index is 13.9. The fraction of sp³-hybridized carbons (Fsp3) is 0.182. The molecule has 0 spiro atoms. The number of carbonyl (C=O) groups is 2. The number of hydrogen-bond donors (Lipinski definition) is 2. The van der Waals surface area contributed by atoms with Crippen LogP contribution in [0.2, 0.25) is 0 Å². The summed E-state index contributed by atoms with van der Waals surface area (Å²) in [5, 5.41) is 2.29. The summed E-state index contributed by atoms with van der Waals surface area (Å²) < 4.78 is 29.8. The van der Waals surface area contributed by atoms with Gasteiger partial charge in [-0.05, 0) is 30.2 Å². The van der Waals surface area contributed by atoms with Crippen LogP contribution in [0, 0.1) is 18.6 Å². The van der Waals surface area contributed by atoms with Crippen LogP contribution in [0.15, 0.2) is 48.5 Å². The quantitative estimate of drug-likeness (QED) is 0.687. The lowest BCUT2D eigenvalue weighted by Crippen LogP contribution is -2.41. The van der Waals surface area contributed by atoms with Crippen LogP contribution >= 0.6 is 0 Å². The van der Waals surface area contributed by atoms with Crippen molar-refractivity contribution in [2.24, 2.45) is 5.73 Å². The fourth-order valence-corrected chi connectivity index (χ4v) is 3.97. The first-order valence-electron chi connectivity index (χ1n) is 9.45. The molecule has 0 bridgehead atoms. The predicted molar refractivity (Wildman–Crippen MR) is 109 cm³/mol. The molecule has 0 aliphatic carbocycles. The molecule has 0 saturated carbocycles. The van der Waals surface area contributed by atoms with Gasteiger partial charge in [-0.2, -0.15) is 0 Å². The predicted octanol–water partition coefficient (Wildman–Crippen LogP) is 3.89. The number of nitrogens with zero attached hydrogens (tertiary/aromatic N) is 2. The topological polar surface area (TPSA) is 80.4 Å². The maximum Gasteiger partial charge on any atom is 0.322 e. The van der Waals surface area contributed by atoms with Crippen molar-refractivity contribution in [1.29, 1.82) is 0 Å². The molecule has 0 radical (unpaired) electrons. The molecule has 0 unspecified atom stereocenters. The number of halogens is 2.